The van der Waals surface area contributed by atoms with Gasteiger partial charge in [0.2, 0.25) is 5.91 Å². The highest BCUT2D eigenvalue weighted by molar-refractivity contribution is 7.98. The molecule has 4 nitrogen and oxygen atoms in total. The van der Waals surface area contributed by atoms with Crippen LogP contribution in [0.3, 0.4) is 0 Å². The van der Waals surface area contributed by atoms with Crippen LogP contribution >= 0.6 is 11.8 Å². The third kappa shape index (κ3) is 5.94. The molecule has 0 fully saturated rings. The Kier molecular flexibility index (Phi) is 7.54. The predicted molar refractivity (Wildman–Crippen MR) is 104 cm³/mol. The van der Waals surface area contributed by atoms with Gasteiger partial charge in [0, 0.05) is 12.1 Å². The van der Waals surface area contributed by atoms with Gasteiger partial charge in [-0.25, -0.2) is 0 Å². The van der Waals surface area contributed by atoms with Gasteiger partial charge in [0.25, 0.3) is 5.91 Å². The van der Waals surface area contributed by atoms with E-state index >= 15 is 0 Å². The third-order valence-electron chi connectivity index (χ3n) is 3.98. The van der Waals surface area contributed by atoms with E-state index in [-0.39, 0.29) is 11.8 Å². The largest absolute Gasteiger partial charge is 0.350 e. The molecule has 0 saturated heterocycles. The molecule has 0 spiro atoms. The fraction of sp³-hybridized carbons (Fsp3) is 0.300. The molecule has 0 radical (unpaired) electrons. The van der Waals surface area contributed by atoms with Crippen molar-refractivity contribution in [3.63, 3.8) is 0 Å². The van der Waals surface area contributed by atoms with E-state index in [0.29, 0.717) is 18.5 Å². The summed E-state index contributed by atoms with van der Waals surface area (Å²) in [5.41, 5.74) is 2.77. The van der Waals surface area contributed by atoms with Gasteiger partial charge >= 0.3 is 0 Å². The Morgan fingerprint density at radius 3 is 2.40 bits per heavy atom. The van der Waals surface area contributed by atoms with Crippen molar-refractivity contribution in [2.45, 2.75) is 25.9 Å². The van der Waals surface area contributed by atoms with Crippen LogP contribution < -0.4 is 10.6 Å². The van der Waals surface area contributed by atoms with Crippen molar-refractivity contribution in [2.24, 2.45) is 0 Å². The van der Waals surface area contributed by atoms with Gasteiger partial charge in [-0.15, -0.1) is 0 Å². The molecule has 2 rings (SSSR count). The standard InChI is InChI=1S/C20H24N2O2S/c1-15-8-6-7-11-17(15)14-21-20(24)18(12-13-25-2)22-19(23)16-9-4-3-5-10-16/h3-11,18H,12-14H2,1-2H3,(H,21,24)(H,22,23). The van der Waals surface area contributed by atoms with Crippen LogP contribution in [0.5, 0.6) is 0 Å². The molecule has 2 amide bonds. The highest BCUT2D eigenvalue weighted by atomic mass is 32.2. The smallest absolute Gasteiger partial charge is 0.251 e. The van der Waals surface area contributed by atoms with E-state index in [0.717, 1.165) is 16.9 Å². The Balaban J connectivity index is 1.99. The minimum absolute atomic E-state index is 0.151. The molecule has 2 N–H and O–H groups in total. The molecule has 25 heavy (non-hydrogen) atoms. The lowest BCUT2D eigenvalue weighted by molar-refractivity contribution is -0.123. The van der Waals surface area contributed by atoms with Gasteiger partial charge in [0.05, 0.1) is 0 Å². The zero-order valence-electron chi connectivity index (χ0n) is 14.6. The number of thioether (sulfide) groups is 1. The molecule has 0 aliphatic heterocycles. The summed E-state index contributed by atoms with van der Waals surface area (Å²) in [5.74, 6) is 0.427. The maximum atomic E-state index is 12.6. The van der Waals surface area contributed by atoms with Gasteiger partial charge in [0.15, 0.2) is 0 Å². The molecule has 0 aliphatic carbocycles. The molecule has 132 valence electrons. The summed E-state index contributed by atoms with van der Waals surface area (Å²) in [6.45, 7) is 2.48. The first-order valence-electron chi connectivity index (χ1n) is 8.29. The molecule has 1 atom stereocenters. The van der Waals surface area contributed by atoms with Crippen molar-refractivity contribution in [1.29, 1.82) is 0 Å². The average molecular weight is 356 g/mol. The monoisotopic (exact) mass is 356 g/mol. The first-order valence-corrected chi connectivity index (χ1v) is 9.68. The molecule has 5 heteroatoms. The number of hydrogen-bond donors (Lipinski definition) is 2. The van der Waals surface area contributed by atoms with Crippen LogP contribution in [0, 0.1) is 6.92 Å². The Morgan fingerprint density at radius 2 is 1.72 bits per heavy atom. The summed E-state index contributed by atoms with van der Waals surface area (Å²) in [4.78, 5) is 24.9. The SMILES string of the molecule is CSCCC(NC(=O)c1ccccc1)C(=O)NCc1ccccc1C. The van der Waals surface area contributed by atoms with Gasteiger partial charge in [0.1, 0.15) is 6.04 Å². The lowest BCUT2D eigenvalue weighted by atomic mass is 10.1. The fourth-order valence-corrected chi connectivity index (χ4v) is 2.92. The van der Waals surface area contributed by atoms with E-state index in [9.17, 15) is 9.59 Å². The second kappa shape index (κ2) is 9.89. The third-order valence-corrected chi connectivity index (χ3v) is 4.63. The number of aryl methyl sites for hydroxylation is 1. The van der Waals surface area contributed by atoms with Crippen LogP contribution in [0.15, 0.2) is 54.6 Å². The summed E-state index contributed by atoms with van der Waals surface area (Å²) >= 11 is 1.66. The lowest BCUT2D eigenvalue weighted by Gasteiger charge is -2.18. The normalized spacial score (nSPS) is 11.6. The number of rotatable bonds is 8. The molecular weight excluding hydrogens is 332 g/mol. The molecule has 0 saturated carbocycles. The topological polar surface area (TPSA) is 58.2 Å². The molecule has 0 aliphatic rings. The number of benzene rings is 2. The fourth-order valence-electron chi connectivity index (χ4n) is 2.45. The first-order chi connectivity index (χ1) is 12.1. The number of amides is 2. The molecule has 2 aromatic rings. The number of nitrogens with one attached hydrogen (secondary N) is 2. The zero-order valence-corrected chi connectivity index (χ0v) is 15.4. The molecule has 1 unspecified atom stereocenters. The highest BCUT2D eigenvalue weighted by Crippen LogP contribution is 2.08. The van der Waals surface area contributed by atoms with E-state index in [4.69, 9.17) is 0 Å². The molecule has 0 aromatic heterocycles. The van der Waals surface area contributed by atoms with Crippen molar-refractivity contribution in [3.05, 3.63) is 71.3 Å². The van der Waals surface area contributed by atoms with E-state index in [1.165, 1.54) is 0 Å². The van der Waals surface area contributed by atoms with Gasteiger partial charge in [-0.3, -0.25) is 9.59 Å². The molecule has 0 heterocycles. The van der Waals surface area contributed by atoms with Crippen LogP contribution in [0.1, 0.15) is 27.9 Å². The predicted octanol–water partition coefficient (Wildman–Crippen LogP) is 3.16. The summed E-state index contributed by atoms with van der Waals surface area (Å²) < 4.78 is 0. The zero-order chi connectivity index (χ0) is 18.1. The number of carbonyl (C=O) groups excluding carboxylic acids is 2. The van der Waals surface area contributed by atoms with E-state index < -0.39 is 6.04 Å². The Morgan fingerprint density at radius 1 is 1.04 bits per heavy atom. The van der Waals surface area contributed by atoms with Gasteiger partial charge < -0.3 is 10.6 Å². The van der Waals surface area contributed by atoms with Crippen molar-refractivity contribution in [3.8, 4) is 0 Å². The van der Waals surface area contributed by atoms with Gasteiger partial charge in [-0.05, 0) is 48.6 Å². The van der Waals surface area contributed by atoms with Crippen molar-refractivity contribution in [1.82, 2.24) is 10.6 Å². The molecule has 0 bridgehead atoms. The summed E-state index contributed by atoms with van der Waals surface area (Å²) in [7, 11) is 0. The van der Waals surface area contributed by atoms with Gasteiger partial charge in [-0.1, -0.05) is 42.5 Å². The van der Waals surface area contributed by atoms with Crippen LogP contribution in [0.25, 0.3) is 0 Å². The van der Waals surface area contributed by atoms with Gasteiger partial charge in [-0.2, -0.15) is 11.8 Å². The van der Waals surface area contributed by atoms with E-state index in [1.807, 2.05) is 55.6 Å². The maximum Gasteiger partial charge on any atom is 0.251 e. The Labute approximate surface area is 153 Å². The number of carbonyl (C=O) groups is 2. The highest BCUT2D eigenvalue weighted by Gasteiger charge is 2.20. The minimum Gasteiger partial charge on any atom is -0.350 e. The summed E-state index contributed by atoms with van der Waals surface area (Å²) in [5, 5.41) is 5.80. The van der Waals surface area contributed by atoms with Crippen molar-refractivity contribution in [2.75, 3.05) is 12.0 Å². The van der Waals surface area contributed by atoms with Crippen molar-refractivity contribution >= 4 is 23.6 Å². The summed E-state index contributed by atoms with van der Waals surface area (Å²) in [6.07, 6.45) is 2.58. The first kappa shape index (κ1) is 19.1. The van der Waals surface area contributed by atoms with Crippen molar-refractivity contribution < 1.29 is 9.59 Å². The molecular formula is C20H24N2O2S. The van der Waals surface area contributed by atoms with Crippen LogP contribution in [-0.2, 0) is 11.3 Å². The van der Waals surface area contributed by atoms with Crippen LogP contribution in [0.4, 0.5) is 0 Å². The molecule has 2 aromatic carbocycles. The maximum absolute atomic E-state index is 12.6. The van der Waals surface area contributed by atoms with Crippen LogP contribution in [-0.4, -0.2) is 29.9 Å². The Hall–Kier alpha value is -2.27. The van der Waals surface area contributed by atoms with E-state index in [1.54, 1.807) is 23.9 Å². The number of hydrogen-bond acceptors (Lipinski definition) is 3. The quantitative estimate of drug-likeness (QED) is 0.764. The summed E-state index contributed by atoms with van der Waals surface area (Å²) in [6, 6.07) is 16.4. The Bertz CT molecular complexity index is 704. The average Bonchev–Trinajstić information content (AvgIpc) is 2.64. The lowest BCUT2D eigenvalue weighted by Crippen LogP contribution is -2.46. The van der Waals surface area contributed by atoms with Crippen LogP contribution in [0.2, 0.25) is 0 Å². The second-order valence-corrected chi connectivity index (χ2v) is 6.80. The van der Waals surface area contributed by atoms with E-state index in [2.05, 4.69) is 10.6 Å². The second-order valence-electron chi connectivity index (χ2n) is 5.82. The minimum atomic E-state index is -0.538.